The molecule has 4 nitrogen and oxygen atoms in total. The third kappa shape index (κ3) is 7.68. The van der Waals surface area contributed by atoms with Crippen LogP contribution in [0.25, 0.3) is 43.1 Å². The van der Waals surface area contributed by atoms with Crippen molar-refractivity contribution in [2.24, 2.45) is 0 Å². The summed E-state index contributed by atoms with van der Waals surface area (Å²) in [5.41, 5.74) is 13.0. The fourth-order valence-electron chi connectivity index (χ4n) is 10.7. The summed E-state index contributed by atoms with van der Waals surface area (Å²) in [7, 11) is 0. The SMILES string of the molecule is c1ccc(N(c2ccccc2)c2cc3cc(N(c4ccccc4)c4ccccc4)cc4c5cc(N(c6ccccc6)c6ccccc6)cc6cc(N(c7ccccc7)c7ccccc7)cc(c(c2)c34)c65)cc1. The Bertz CT molecular complexity index is 3280. The van der Waals surface area contributed by atoms with E-state index in [9.17, 15) is 0 Å². The Morgan fingerprint density at radius 3 is 0.458 bits per heavy atom. The number of benzene rings is 13. The monoisotopic (exact) mass is 920 g/mol. The molecule has 0 atom stereocenters. The lowest BCUT2D eigenvalue weighted by Crippen LogP contribution is -2.12. The van der Waals surface area contributed by atoms with Crippen LogP contribution in [0.1, 0.15) is 0 Å². The van der Waals surface area contributed by atoms with Crippen LogP contribution in [0.4, 0.5) is 68.2 Å². The van der Waals surface area contributed by atoms with Crippen LogP contribution >= 0.6 is 0 Å². The first kappa shape index (κ1) is 42.5. The molecule has 0 aliphatic heterocycles. The number of rotatable bonds is 12. The minimum absolute atomic E-state index is 1.07. The highest BCUT2D eigenvalue weighted by Gasteiger charge is 2.25. The molecule has 340 valence electrons. The molecule has 13 rings (SSSR count). The van der Waals surface area contributed by atoms with Gasteiger partial charge in [0.1, 0.15) is 0 Å². The molecule has 0 aliphatic carbocycles. The average molecular weight is 921 g/mol. The standard InChI is InChI=1S/C68H48N4/c1-9-25-51(26-10-1)69(52-27-11-2-12-28-52)59-41-49-42-60(70(53-29-13-3-14-30-53)54-31-15-4-16-32-54)47-65-66-48-62(72(57-37-21-7-22-38-57)58-39-23-8-24-40-58)44-50-43-61(46-64(68(50)66)63(45-59)67(49)65)71(55-33-17-5-18-34-55)56-35-19-6-20-36-56/h1-48H. The van der Waals surface area contributed by atoms with E-state index < -0.39 is 0 Å². The summed E-state index contributed by atoms with van der Waals surface area (Å²) < 4.78 is 0. The second-order valence-electron chi connectivity index (χ2n) is 18.2. The molecule has 0 aromatic heterocycles. The lowest BCUT2D eigenvalue weighted by Gasteiger charge is -2.30. The summed E-state index contributed by atoms with van der Waals surface area (Å²) in [6.07, 6.45) is 0. The van der Waals surface area contributed by atoms with Gasteiger partial charge < -0.3 is 19.6 Å². The lowest BCUT2D eigenvalue weighted by atomic mass is 9.87. The van der Waals surface area contributed by atoms with Crippen LogP contribution < -0.4 is 19.6 Å². The predicted octanol–water partition coefficient (Wildman–Crippen LogP) is 19.6. The summed E-state index contributed by atoms with van der Waals surface area (Å²) in [6.45, 7) is 0. The van der Waals surface area contributed by atoms with Gasteiger partial charge in [-0.05, 0) is 189 Å². The van der Waals surface area contributed by atoms with Gasteiger partial charge in [0.25, 0.3) is 0 Å². The number of hydrogen-bond donors (Lipinski definition) is 0. The van der Waals surface area contributed by atoms with Crippen molar-refractivity contribution < 1.29 is 0 Å². The van der Waals surface area contributed by atoms with Crippen molar-refractivity contribution in [1.29, 1.82) is 0 Å². The second-order valence-corrected chi connectivity index (χ2v) is 18.2. The maximum absolute atomic E-state index is 2.43. The quantitative estimate of drug-likeness (QED) is 0.0894. The van der Waals surface area contributed by atoms with Crippen LogP contribution in [-0.2, 0) is 0 Å². The summed E-state index contributed by atoms with van der Waals surface area (Å²) in [4.78, 5) is 9.58. The van der Waals surface area contributed by atoms with Gasteiger partial charge in [-0.1, -0.05) is 146 Å². The highest BCUT2D eigenvalue weighted by Crippen LogP contribution is 2.51. The molecule has 13 aromatic carbocycles. The zero-order valence-electron chi connectivity index (χ0n) is 39.5. The van der Waals surface area contributed by atoms with Gasteiger partial charge in [0.05, 0.1) is 0 Å². The van der Waals surface area contributed by atoms with Gasteiger partial charge in [-0.15, -0.1) is 0 Å². The molecule has 0 bridgehead atoms. The maximum atomic E-state index is 2.43. The van der Waals surface area contributed by atoms with Crippen LogP contribution in [0.3, 0.4) is 0 Å². The Balaban J connectivity index is 1.20. The molecule has 0 unspecified atom stereocenters. The average Bonchev–Trinajstić information content (AvgIpc) is 3.45. The third-order valence-electron chi connectivity index (χ3n) is 13.8. The van der Waals surface area contributed by atoms with Crippen molar-refractivity contribution >= 4 is 111 Å². The maximum Gasteiger partial charge on any atom is 0.0474 e. The number of nitrogens with zero attached hydrogens (tertiary/aromatic N) is 4. The molecule has 72 heavy (non-hydrogen) atoms. The predicted molar refractivity (Wildman–Crippen MR) is 306 cm³/mol. The van der Waals surface area contributed by atoms with Crippen LogP contribution in [0.2, 0.25) is 0 Å². The van der Waals surface area contributed by atoms with E-state index in [1.54, 1.807) is 0 Å². The fourth-order valence-corrected chi connectivity index (χ4v) is 10.7. The molecular formula is C68H48N4. The van der Waals surface area contributed by atoms with Crippen molar-refractivity contribution in [2.45, 2.75) is 0 Å². The number of anilines is 12. The molecule has 0 amide bonds. The molecule has 0 heterocycles. The van der Waals surface area contributed by atoms with Crippen LogP contribution in [0.5, 0.6) is 0 Å². The van der Waals surface area contributed by atoms with Gasteiger partial charge in [0.15, 0.2) is 0 Å². The topological polar surface area (TPSA) is 13.0 Å². The zero-order valence-corrected chi connectivity index (χ0v) is 39.5. The van der Waals surface area contributed by atoms with Crippen molar-refractivity contribution in [2.75, 3.05) is 19.6 Å². The van der Waals surface area contributed by atoms with Gasteiger partial charge in [-0.25, -0.2) is 0 Å². The van der Waals surface area contributed by atoms with Gasteiger partial charge in [-0.3, -0.25) is 0 Å². The molecule has 4 heteroatoms. The molecule has 13 aromatic rings. The van der Waals surface area contributed by atoms with E-state index in [1.165, 1.54) is 32.3 Å². The summed E-state index contributed by atoms with van der Waals surface area (Å²) >= 11 is 0. The fraction of sp³-hybridized carbons (Fsp3) is 0. The summed E-state index contributed by atoms with van der Waals surface area (Å²) in [5.74, 6) is 0. The van der Waals surface area contributed by atoms with Crippen LogP contribution in [0.15, 0.2) is 291 Å². The van der Waals surface area contributed by atoms with Gasteiger partial charge in [-0.2, -0.15) is 0 Å². The lowest BCUT2D eigenvalue weighted by molar-refractivity contribution is 1.28. The van der Waals surface area contributed by atoms with Crippen molar-refractivity contribution in [1.82, 2.24) is 0 Å². The van der Waals surface area contributed by atoms with Crippen molar-refractivity contribution in [3.63, 3.8) is 0 Å². The minimum Gasteiger partial charge on any atom is -0.310 e. The highest BCUT2D eigenvalue weighted by atomic mass is 15.2. The van der Waals surface area contributed by atoms with E-state index in [-0.39, 0.29) is 0 Å². The van der Waals surface area contributed by atoms with Crippen molar-refractivity contribution in [3.05, 3.63) is 291 Å². The van der Waals surface area contributed by atoms with Gasteiger partial charge in [0, 0.05) is 68.2 Å². The van der Waals surface area contributed by atoms with E-state index in [2.05, 4.69) is 311 Å². The Labute approximate surface area is 420 Å². The molecule has 0 fully saturated rings. The molecule has 0 N–H and O–H groups in total. The zero-order chi connectivity index (χ0) is 47.8. The molecule has 0 saturated heterocycles. The summed E-state index contributed by atoms with van der Waals surface area (Å²) in [5, 5.41) is 9.44. The first-order chi connectivity index (χ1) is 35.7. The number of para-hydroxylation sites is 8. The highest BCUT2D eigenvalue weighted by molar-refractivity contribution is 6.35. The third-order valence-corrected chi connectivity index (χ3v) is 13.8. The van der Waals surface area contributed by atoms with E-state index in [4.69, 9.17) is 0 Å². The van der Waals surface area contributed by atoms with E-state index in [0.717, 1.165) is 79.0 Å². The molecule has 0 spiro atoms. The van der Waals surface area contributed by atoms with E-state index in [1.807, 2.05) is 0 Å². The van der Waals surface area contributed by atoms with E-state index >= 15 is 0 Å². The minimum atomic E-state index is 1.07. The Hall–Kier alpha value is -9.64. The Morgan fingerprint density at radius 1 is 0.153 bits per heavy atom. The van der Waals surface area contributed by atoms with Crippen molar-refractivity contribution in [3.8, 4) is 0 Å². The Morgan fingerprint density at radius 2 is 0.306 bits per heavy atom. The number of hydrogen-bond acceptors (Lipinski definition) is 4. The Kier molecular flexibility index (Phi) is 10.8. The molecule has 0 radical (unpaired) electrons. The first-order valence-corrected chi connectivity index (χ1v) is 24.6. The molecule has 0 saturated carbocycles. The molecular weight excluding hydrogens is 873 g/mol. The smallest absolute Gasteiger partial charge is 0.0474 e. The second kappa shape index (κ2) is 18.4. The number of fused-ring (bicyclic) bond motifs is 2. The van der Waals surface area contributed by atoms with Gasteiger partial charge >= 0.3 is 0 Å². The largest absolute Gasteiger partial charge is 0.310 e. The van der Waals surface area contributed by atoms with Crippen LogP contribution in [-0.4, -0.2) is 0 Å². The summed E-state index contributed by atoms with van der Waals surface area (Å²) in [6, 6.07) is 105. The van der Waals surface area contributed by atoms with Crippen LogP contribution in [0, 0.1) is 0 Å². The normalized spacial score (nSPS) is 11.3. The van der Waals surface area contributed by atoms with Gasteiger partial charge in [0.2, 0.25) is 0 Å². The van der Waals surface area contributed by atoms with E-state index in [0.29, 0.717) is 0 Å². The first-order valence-electron chi connectivity index (χ1n) is 24.6. The molecule has 0 aliphatic rings.